The highest BCUT2D eigenvalue weighted by atomic mass is 16.5. The van der Waals surface area contributed by atoms with Crippen molar-refractivity contribution in [2.75, 3.05) is 46.2 Å². The summed E-state index contributed by atoms with van der Waals surface area (Å²) in [4.78, 5) is 0. The highest BCUT2D eigenvalue weighted by molar-refractivity contribution is 4.44. The Balaban J connectivity index is 0. The highest BCUT2D eigenvalue weighted by Crippen LogP contribution is 2.02. The Morgan fingerprint density at radius 2 is 1.22 bits per heavy atom. The van der Waals surface area contributed by atoms with E-state index in [1.807, 2.05) is 0 Å². The van der Waals surface area contributed by atoms with Gasteiger partial charge in [0.15, 0.2) is 0 Å². The number of nitrogens with two attached hydrogens (primary N) is 1. The van der Waals surface area contributed by atoms with Crippen LogP contribution in [0.4, 0.5) is 0 Å². The van der Waals surface area contributed by atoms with Crippen molar-refractivity contribution < 1.29 is 14.2 Å². The molecule has 0 atom stereocenters. The van der Waals surface area contributed by atoms with Crippen molar-refractivity contribution >= 4 is 0 Å². The van der Waals surface area contributed by atoms with Crippen LogP contribution in [-0.2, 0) is 14.2 Å². The molecule has 0 bridgehead atoms. The van der Waals surface area contributed by atoms with Crippen LogP contribution < -0.4 is 5.73 Å². The van der Waals surface area contributed by atoms with Crippen LogP contribution in [0.5, 0.6) is 0 Å². The lowest BCUT2D eigenvalue weighted by Gasteiger charge is -2.07. The maximum absolute atomic E-state index is 5.45. The predicted octanol–water partition coefficient (Wildman–Crippen LogP) is 2.46. The molecule has 112 valence electrons. The first-order valence-electron chi connectivity index (χ1n) is 6.70. The first-order chi connectivity index (χ1) is 8.27. The quantitative estimate of drug-likeness (QED) is 0.519. The van der Waals surface area contributed by atoms with Crippen LogP contribution in [0.15, 0.2) is 0 Å². The summed E-state index contributed by atoms with van der Waals surface area (Å²) in [7, 11) is 0. The molecule has 0 saturated heterocycles. The molecule has 4 nitrogen and oxygen atoms in total. The van der Waals surface area contributed by atoms with Crippen LogP contribution in [0.25, 0.3) is 0 Å². The van der Waals surface area contributed by atoms with Crippen molar-refractivity contribution in [2.24, 2.45) is 11.7 Å². The Morgan fingerprint density at radius 3 is 1.67 bits per heavy atom. The Hall–Kier alpha value is -0.160. The molecule has 18 heavy (non-hydrogen) atoms. The second kappa shape index (κ2) is 16.8. The van der Waals surface area contributed by atoms with Gasteiger partial charge in [-0.2, -0.15) is 0 Å². The number of ether oxygens (including phenoxy) is 3. The van der Waals surface area contributed by atoms with Crippen molar-refractivity contribution in [3.8, 4) is 0 Å². The molecule has 0 unspecified atom stereocenters. The predicted molar refractivity (Wildman–Crippen MR) is 76.9 cm³/mol. The van der Waals surface area contributed by atoms with E-state index in [1.54, 1.807) is 0 Å². The second-order valence-corrected chi connectivity index (χ2v) is 4.52. The van der Waals surface area contributed by atoms with Crippen LogP contribution >= 0.6 is 0 Å². The molecule has 4 heteroatoms. The summed E-state index contributed by atoms with van der Waals surface area (Å²) >= 11 is 0. The summed E-state index contributed by atoms with van der Waals surface area (Å²) in [6.45, 7) is 9.34. The van der Waals surface area contributed by atoms with Crippen molar-refractivity contribution in [3.63, 3.8) is 0 Å². The Morgan fingerprint density at radius 1 is 0.778 bits per heavy atom. The standard InChI is InChI=1S/C13H29NO3.CH4/c1-13(2)5-3-7-15-9-11-17-12-10-16-8-4-6-14;/h13H,3-12,14H2,1-2H3;1H4. The van der Waals surface area contributed by atoms with E-state index in [9.17, 15) is 0 Å². The molecule has 0 aromatic rings. The van der Waals surface area contributed by atoms with Crippen molar-refractivity contribution in [1.82, 2.24) is 0 Å². The lowest BCUT2D eigenvalue weighted by atomic mass is 10.1. The summed E-state index contributed by atoms with van der Waals surface area (Å²) in [6.07, 6.45) is 3.29. The van der Waals surface area contributed by atoms with Gasteiger partial charge in [0.1, 0.15) is 0 Å². The van der Waals surface area contributed by atoms with Gasteiger partial charge in [0.05, 0.1) is 26.4 Å². The zero-order valence-electron chi connectivity index (χ0n) is 11.5. The topological polar surface area (TPSA) is 53.7 Å². The Labute approximate surface area is 113 Å². The van der Waals surface area contributed by atoms with Crippen LogP contribution in [0.2, 0.25) is 0 Å². The monoisotopic (exact) mass is 263 g/mol. The lowest BCUT2D eigenvalue weighted by Crippen LogP contribution is -2.11. The first kappa shape index (κ1) is 20.2. The van der Waals surface area contributed by atoms with E-state index in [1.165, 1.54) is 6.42 Å². The Bertz CT molecular complexity index is 143. The average Bonchev–Trinajstić information content (AvgIpc) is 2.30. The molecule has 0 saturated carbocycles. The molecular formula is C14H33NO3. The number of rotatable bonds is 13. The molecule has 0 aliphatic heterocycles. The molecule has 0 heterocycles. The van der Waals surface area contributed by atoms with E-state index in [0.29, 0.717) is 33.0 Å². The molecule has 0 aliphatic rings. The van der Waals surface area contributed by atoms with Gasteiger partial charge in [-0.05, 0) is 31.7 Å². The zero-order chi connectivity index (χ0) is 12.8. The SMILES string of the molecule is C.CC(C)CCCOCCOCCOCCCN. The van der Waals surface area contributed by atoms with Crippen LogP contribution in [0.3, 0.4) is 0 Å². The summed E-state index contributed by atoms with van der Waals surface area (Å²) in [5, 5.41) is 0. The number of hydrogen-bond donors (Lipinski definition) is 1. The Kier molecular flexibility index (Phi) is 18.9. The normalized spacial score (nSPS) is 10.7. The lowest BCUT2D eigenvalue weighted by molar-refractivity contribution is 0.0135. The summed E-state index contributed by atoms with van der Waals surface area (Å²) in [5.41, 5.74) is 5.34. The van der Waals surface area contributed by atoms with Gasteiger partial charge in [-0.1, -0.05) is 21.3 Å². The van der Waals surface area contributed by atoms with Gasteiger partial charge in [0.2, 0.25) is 0 Å². The van der Waals surface area contributed by atoms with Gasteiger partial charge in [-0.15, -0.1) is 0 Å². The van der Waals surface area contributed by atoms with Crippen LogP contribution in [0.1, 0.15) is 40.5 Å². The van der Waals surface area contributed by atoms with E-state index < -0.39 is 0 Å². The third kappa shape index (κ3) is 18.2. The first-order valence-corrected chi connectivity index (χ1v) is 6.70. The van der Waals surface area contributed by atoms with E-state index in [0.717, 1.165) is 32.0 Å². The molecule has 0 aliphatic carbocycles. The maximum atomic E-state index is 5.45. The fourth-order valence-electron chi connectivity index (χ4n) is 1.32. The van der Waals surface area contributed by atoms with Gasteiger partial charge >= 0.3 is 0 Å². The molecule has 0 amide bonds. The molecule has 0 radical (unpaired) electrons. The van der Waals surface area contributed by atoms with Gasteiger partial charge in [-0.25, -0.2) is 0 Å². The summed E-state index contributed by atoms with van der Waals surface area (Å²) < 4.78 is 16.1. The van der Waals surface area contributed by atoms with Gasteiger partial charge < -0.3 is 19.9 Å². The molecule has 0 spiro atoms. The zero-order valence-corrected chi connectivity index (χ0v) is 11.5. The maximum Gasteiger partial charge on any atom is 0.0701 e. The summed E-state index contributed by atoms with van der Waals surface area (Å²) in [6, 6.07) is 0. The fraction of sp³-hybridized carbons (Fsp3) is 1.00. The molecule has 0 aromatic carbocycles. The minimum atomic E-state index is 0. The fourth-order valence-corrected chi connectivity index (χ4v) is 1.32. The second-order valence-electron chi connectivity index (χ2n) is 4.52. The molecular weight excluding hydrogens is 230 g/mol. The third-order valence-corrected chi connectivity index (χ3v) is 2.31. The molecule has 0 rings (SSSR count). The number of hydrogen-bond acceptors (Lipinski definition) is 4. The molecule has 0 aromatic heterocycles. The third-order valence-electron chi connectivity index (χ3n) is 2.31. The van der Waals surface area contributed by atoms with E-state index in [4.69, 9.17) is 19.9 Å². The van der Waals surface area contributed by atoms with Crippen molar-refractivity contribution in [1.29, 1.82) is 0 Å². The smallest absolute Gasteiger partial charge is 0.0701 e. The van der Waals surface area contributed by atoms with Crippen molar-refractivity contribution in [2.45, 2.75) is 40.5 Å². The average molecular weight is 263 g/mol. The van der Waals surface area contributed by atoms with Crippen LogP contribution in [0, 0.1) is 5.92 Å². The molecule has 2 N–H and O–H groups in total. The van der Waals surface area contributed by atoms with Gasteiger partial charge in [0, 0.05) is 13.2 Å². The minimum absolute atomic E-state index is 0. The van der Waals surface area contributed by atoms with Gasteiger partial charge in [-0.3, -0.25) is 0 Å². The minimum Gasteiger partial charge on any atom is -0.379 e. The van der Waals surface area contributed by atoms with Crippen LogP contribution in [-0.4, -0.2) is 46.2 Å². The largest absolute Gasteiger partial charge is 0.379 e. The summed E-state index contributed by atoms with van der Waals surface area (Å²) in [5.74, 6) is 0.764. The highest BCUT2D eigenvalue weighted by Gasteiger charge is 1.94. The van der Waals surface area contributed by atoms with E-state index in [-0.39, 0.29) is 7.43 Å². The molecule has 0 fully saturated rings. The van der Waals surface area contributed by atoms with E-state index >= 15 is 0 Å². The van der Waals surface area contributed by atoms with Gasteiger partial charge in [0.25, 0.3) is 0 Å². The van der Waals surface area contributed by atoms with E-state index in [2.05, 4.69) is 13.8 Å². The van der Waals surface area contributed by atoms with Crippen molar-refractivity contribution in [3.05, 3.63) is 0 Å².